The summed E-state index contributed by atoms with van der Waals surface area (Å²) in [5.74, 6) is 2.76. The molecular formula is C15H23NO. The van der Waals surface area contributed by atoms with Gasteiger partial charge in [0.25, 0.3) is 0 Å². The number of rotatable bonds is 6. The maximum atomic E-state index is 5.18. The van der Waals surface area contributed by atoms with E-state index in [1.54, 1.807) is 7.11 Å². The van der Waals surface area contributed by atoms with Gasteiger partial charge in [-0.1, -0.05) is 26.0 Å². The molecule has 0 bridgehead atoms. The summed E-state index contributed by atoms with van der Waals surface area (Å²) in [6.45, 7) is 5.73. The summed E-state index contributed by atoms with van der Waals surface area (Å²) in [5, 5.41) is 3.67. The van der Waals surface area contributed by atoms with Gasteiger partial charge < -0.3 is 10.1 Å². The molecule has 0 amide bonds. The maximum Gasteiger partial charge on any atom is 0.118 e. The lowest BCUT2D eigenvalue weighted by Gasteiger charge is -2.17. The third kappa shape index (κ3) is 3.22. The van der Waals surface area contributed by atoms with Crippen LogP contribution in [0.4, 0.5) is 0 Å². The maximum absolute atomic E-state index is 5.18. The summed E-state index contributed by atoms with van der Waals surface area (Å²) in [5.41, 5.74) is 1.36. The van der Waals surface area contributed by atoms with Gasteiger partial charge in [0.05, 0.1) is 7.11 Å². The Morgan fingerprint density at radius 3 is 2.47 bits per heavy atom. The standard InChI is InChI=1S/C15H23NO/c1-4-15(16-10-13-9-11(13)2)12-5-7-14(17-3)8-6-12/h5-8,11,13,15-16H,4,9-10H2,1-3H3. The van der Waals surface area contributed by atoms with Crippen LogP contribution >= 0.6 is 0 Å². The SMILES string of the molecule is CCC(NCC1CC1C)c1ccc(OC)cc1. The van der Waals surface area contributed by atoms with Crippen molar-refractivity contribution in [3.8, 4) is 5.75 Å². The second-order valence-corrected chi connectivity index (χ2v) is 5.12. The molecule has 2 heteroatoms. The van der Waals surface area contributed by atoms with Crippen LogP contribution in [0.3, 0.4) is 0 Å². The van der Waals surface area contributed by atoms with Crippen molar-refractivity contribution in [2.75, 3.05) is 13.7 Å². The Balaban J connectivity index is 1.91. The molecule has 0 aromatic heterocycles. The van der Waals surface area contributed by atoms with E-state index in [2.05, 4.69) is 31.3 Å². The van der Waals surface area contributed by atoms with E-state index in [-0.39, 0.29) is 0 Å². The fraction of sp³-hybridized carbons (Fsp3) is 0.600. The van der Waals surface area contributed by atoms with Crippen LogP contribution in [0, 0.1) is 11.8 Å². The Labute approximate surface area is 104 Å². The van der Waals surface area contributed by atoms with Crippen LogP contribution in [0.25, 0.3) is 0 Å². The summed E-state index contributed by atoms with van der Waals surface area (Å²) in [6, 6.07) is 8.89. The van der Waals surface area contributed by atoms with Crippen molar-refractivity contribution < 1.29 is 4.74 Å². The molecule has 1 aromatic rings. The van der Waals surface area contributed by atoms with E-state index < -0.39 is 0 Å². The van der Waals surface area contributed by atoms with E-state index in [0.29, 0.717) is 6.04 Å². The minimum atomic E-state index is 0.480. The van der Waals surface area contributed by atoms with Crippen LogP contribution in [0.2, 0.25) is 0 Å². The molecule has 1 aliphatic carbocycles. The molecule has 0 spiro atoms. The van der Waals surface area contributed by atoms with Crippen LogP contribution in [0.5, 0.6) is 5.75 Å². The van der Waals surface area contributed by atoms with Gasteiger partial charge in [0.15, 0.2) is 0 Å². The monoisotopic (exact) mass is 233 g/mol. The highest BCUT2D eigenvalue weighted by Gasteiger charge is 2.32. The minimum absolute atomic E-state index is 0.480. The molecule has 1 aliphatic rings. The Bertz CT molecular complexity index is 346. The number of benzene rings is 1. The zero-order chi connectivity index (χ0) is 12.3. The Kier molecular flexibility index (Phi) is 4.06. The van der Waals surface area contributed by atoms with Crippen molar-refractivity contribution in [3.05, 3.63) is 29.8 Å². The average molecular weight is 233 g/mol. The molecule has 3 atom stereocenters. The molecule has 2 rings (SSSR count). The van der Waals surface area contributed by atoms with Gasteiger partial charge in [-0.2, -0.15) is 0 Å². The van der Waals surface area contributed by atoms with Crippen molar-refractivity contribution in [3.63, 3.8) is 0 Å². The van der Waals surface area contributed by atoms with Gasteiger partial charge in [-0.05, 0) is 48.9 Å². The predicted octanol–water partition coefficient (Wildman–Crippen LogP) is 3.39. The highest BCUT2D eigenvalue weighted by Crippen LogP contribution is 2.37. The first kappa shape index (κ1) is 12.4. The molecule has 0 heterocycles. The highest BCUT2D eigenvalue weighted by atomic mass is 16.5. The molecule has 1 fully saturated rings. The molecule has 0 saturated heterocycles. The van der Waals surface area contributed by atoms with Crippen molar-refractivity contribution in [1.82, 2.24) is 5.32 Å². The van der Waals surface area contributed by atoms with E-state index >= 15 is 0 Å². The zero-order valence-corrected chi connectivity index (χ0v) is 11.1. The summed E-state index contributed by atoms with van der Waals surface area (Å²) < 4.78 is 5.18. The van der Waals surface area contributed by atoms with Crippen molar-refractivity contribution >= 4 is 0 Å². The van der Waals surface area contributed by atoms with Crippen molar-refractivity contribution in [2.45, 2.75) is 32.7 Å². The number of ether oxygens (including phenoxy) is 1. The van der Waals surface area contributed by atoms with Crippen LogP contribution in [-0.4, -0.2) is 13.7 Å². The Hall–Kier alpha value is -1.02. The van der Waals surface area contributed by atoms with E-state index in [9.17, 15) is 0 Å². The number of hydrogen-bond donors (Lipinski definition) is 1. The van der Waals surface area contributed by atoms with Gasteiger partial charge in [-0.3, -0.25) is 0 Å². The summed E-state index contributed by atoms with van der Waals surface area (Å²) in [4.78, 5) is 0. The van der Waals surface area contributed by atoms with Gasteiger partial charge >= 0.3 is 0 Å². The summed E-state index contributed by atoms with van der Waals surface area (Å²) in [6.07, 6.45) is 2.53. The Morgan fingerprint density at radius 2 is 2.00 bits per heavy atom. The molecule has 3 unspecified atom stereocenters. The largest absolute Gasteiger partial charge is 0.497 e. The van der Waals surface area contributed by atoms with E-state index in [4.69, 9.17) is 4.74 Å². The molecule has 1 aromatic carbocycles. The van der Waals surface area contributed by atoms with Crippen LogP contribution < -0.4 is 10.1 Å². The normalized spacial score (nSPS) is 24.4. The number of methoxy groups -OCH3 is 1. The van der Waals surface area contributed by atoms with Crippen molar-refractivity contribution in [2.24, 2.45) is 11.8 Å². The second-order valence-electron chi connectivity index (χ2n) is 5.12. The first-order chi connectivity index (χ1) is 8.24. The number of hydrogen-bond acceptors (Lipinski definition) is 2. The molecular weight excluding hydrogens is 210 g/mol. The van der Waals surface area contributed by atoms with Crippen LogP contribution in [0.1, 0.15) is 38.3 Å². The average Bonchev–Trinajstić information content (AvgIpc) is 3.07. The first-order valence-electron chi connectivity index (χ1n) is 6.62. The molecule has 0 radical (unpaired) electrons. The van der Waals surface area contributed by atoms with Crippen LogP contribution in [0.15, 0.2) is 24.3 Å². The Morgan fingerprint density at radius 1 is 1.35 bits per heavy atom. The highest BCUT2D eigenvalue weighted by molar-refractivity contribution is 5.29. The number of nitrogens with one attached hydrogen (secondary N) is 1. The predicted molar refractivity (Wildman–Crippen MR) is 71.3 cm³/mol. The molecule has 1 N–H and O–H groups in total. The fourth-order valence-corrected chi connectivity index (χ4v) is 2.31. The molecule has 2 nitrogen and oxygen atoms in total. The van der Waals surface area contributed by atoms with Crippen LogP contribution in [-0.2, 0) is 0 Å². The van der Waals surface area contributed by atoms with Gasteiger partial charge in [0.2, 0.25) is 0 Å². The second kappa shape index (κ2) is 5.54. The molecule has 0 aliphatic heterocycles. The van der Waals surface area contributed by atoms with E-state index in [1.807, 2.05) is 12.1 Å². The summed E-state index contributed by atoms with van der Waals surface area (Å²) >= 11 is 0. The van der Waals surface area contributed by atoms with Gasteiger partial charge in [-0.15, -0.1) is 0 Å². The lowest BCUT2D eigenvalue weighted by molar-refractivity contribution is 0.414. The minimum Gasteiger partial charge on any atom is -0.497 e. The third-order valence-corrected chi connectivity index (χ3v) is 3.83. The van der Waals surface area contributed by atoms with Gasteiger partial charge in [0, 0.05) is 6.04 Å². The quantitative estimate of drug-likeness (QED) is 0.813. The zero-order valence-electron chi connectivity index (χ0n) is 11.1. The van der Waals surface area contributed by atoms with E-state index in [1.165, 1.54) is 12.0 Å². The smallest absolute Gasteiger partial charge is 0.118 e. The lowest BCUT2D eigenvalue weighted by Crippen LogP contribution is -2.23. The molecule has 94 valence electrons. The topological polar surface area (TPSA) is 21.3 Å². The fourth-order valence-electron chi connectivity index (χ4n) is 2.31. The van der Waals surface area contributed by atoms with Gasteiger partial charge in [-0.25, -0.2) is 0 Å². The summed E-state index contributed by atoms with van der Waals surface area (Å²) in [7, 11) is 1.71. The van der Waals surface area contributed by atoms with Crippen molar-refractivity contribution in [1.29, 1.82) is 0 Å². The third-order valence-electron chi connectivity index (χ3n) is 3.83. The molecule has 17 heavy (non-hydrogen) atoms. The molecule has 1 saturated carbocycles. The lowest BCUT2D eigenvalue weighted by atomic mass is 10.0. The van der Waals surface area contributed by atoms with E-state index in [0.717, 1.165) is 30.6 Å². The van der Waals surface area contributed by atoms with Gasteiger partial charge in [0.1, 0.15) is 5.75 Å². The first-order valence-corrected chi connectivity index (χ1v) is 6.62.